The first-order valence-electron chi connectivity index (χ1n) is 7.63. The molecule has 1 rings (SSSR count). The van der Waals surface area contributed by atoms with Crippen LogP contribution in [-0.4, -0.2) is 32.5 Å². The van der Waals surface area contributed by atoms with Crippen LogP contribution < -0.4 is 20.1 Å². The molecule has 5 nitrogen and oxygen atoms in total. The first-order chi connectivity index (χ1) is 11.2. The Morgan fingerprint density at radius 2 is 1.96 bits per heavy atom. The molecular formula is C16H23F3N2O3. The monoisotopic (exact) mass is 348 g/mol. The van der Waals surface area contributed by atoms with Crippen molar-refractivity contribution in [1.82, 2.24) is 5.32 Å². The molecule has 1 aromatic rings. The molecule has 0 saturated carbocycles. The van der Waals surface area contributed by atoms with Crippen LogP contribution in [0.15, 0.2) is 18.2 Å². The fourth-order valence-electron chi connectivity index (χ4n) is 1.91. The molecule has 0 aromatic heterocycles. The molecule has 0 aliphatic carbocycles. The lowest BCUT2D eigenvalue weighted by molar-refractivity contribution is -0.153. The summed E-state index contributed by atoms with van der Waals surface area (Å²) in [5.41, 5.74) is 0.314. The Labute approximate surface area is 139 Å². The summed E-state index contributed by atoms with van der Waals surface area (Å²) in [6, 6.07) is 3.82. The van der Waals surface area contributed by atoms with E-state index in [0.717, 1.165) is 12.8 Å². The summed E-state index contributed by atoms with van der Waals surface area (Å²) >= 11 is 0. The number of halogens is 3. The minimum atomic E-state index is -4.46. The molecule has 0 bridgehead atoms. The quantitative estimate of drug-likeness (QED) is 0.693. The van der Waals surface area contributed by atoms with E-state index in [1.165, 1.54) is 25.3 Å². The Balaban J connectivity index is 2.60. The Bertz CT molecular complexity index is 534. The summed E-state index contributed by atoms with van der Waals surface area (Å²) < 4.78 is 46.5. The summed E-state index contributed by atoms with van der Waals surface area (Å²) in [5, 5.41) is 5.24. The smallest absolute Gasteiger partial charge is 0.422 e. The molecule has 0 spiro atoms. The van der Waals surface area contributed by atoms with Crippen molar-refractivity contribution in [2.75, 3.05) is 25.6 Å². The highest BCUT2D eigenvalue weighted by molar-refractivity contribution is 5.89. The van der Waals surface area contributed by atoms with Crippen molar-refractivity contribution in [2.24, 2.45) is 5.92 Å². The normalized spacial score (nSPS) is 11.3. The number of benzene rings is 1. The van der Waals surface area contributed by atoms with E-state index in [1.54, 1.807) is 0 Å². The first kappa shape index (κ1) is 19.9. The van der Waals surface area contributed by atoms with Crippen molar-refractivity contribution in [1.29, 1.82) is 0 Å². The third kappa shape index (κ3) is 7.94. The van der Waals surface area contributed by atoms with Crippen molar-refractivity contribution < 1.29 is 27.4 Å². The van der Waals surface area contributed by atoms with Gasteiger partial charge in [-0.1, -0.05) is 13.8 Å². The maximum atomic E-state index is 12.3. The molecule has 0 saturated heterocycles. The average molecular weight is 348 g/mol. The topological polar surface area (TPSA) is 59.6 Å². The maximum absolute atomic E-state index is 12.3. The van der Waals surface area contributed by atoms with Crippen LogP contribution in [0.4, 0.5) is 23.7 Å². The zero-order valence-corrected chi connectivity index (χ0v) is 14.0. The number of nitrogens with one attached hydrogen (secondary N) is 2. The van der Waals surface area contributed by atoms with E-state index in [2.05, 4.69) is 24.5 Å². The minimum absolute atomic E-state index is 0.0903. The number of alkyl halides is 3. The lowest BCUT2D eigenvalue weighted by Crippen LogP contribution is -2.29. The Kier molecular flexibility index (Phi) is 7.67. The van der Waals surface area contributed by atoms with Gasteiger partial charge in [-0.3, -0.25) is 0 Å². The summed E-state index contributed by atoms with van der Waals surface area (Å²) in [7, 11) is 1.32. The van der Waals surface area contributed by atoms with Gasteiger partial charge in [0.05, 0.1) is 7.11 Å². The predicted octanol–water partition coefficient (Wildman–Crippen LogP) is 4.19. The molecule has 0 heterocycles. The van der Waals surface area contributed by atoms with Crippen LogP contribution in [0.1, 0.15) is 26.7 Å². The standard InChI is InChI=1S/C16H23F3N2O3/c1-11(2)5-4-8-20-15(22)21-12-6-7-13(23-3)14(9-12)24-10-16(17,18)19/h6-7,9,11H,4-5,8,10H2,1-3H3,(H2,20,21,22). The van der Waals surface area contributed by atoms with E-state index in [1.807, 2.05) is 0 Å². The molecule has 136 valence electrons. The highest BCUT2D eigenvalue weighted by Gasteiger charge is 2.29. The number of methoxy groups -OCH3 is 1. The second kappa shape index (κ2) is 9.24. The Morgan fingerprint density at radius 1 is 1.25 bits per heavy atom. The number of hydrogen-bond donors (Lipinski definition) is 2. The summed E-state index contributed by atoms with van der Waals surface area (Å²) in [4.78, 5) is 11.8. The Morgan fingerprint density at radius 3 is 2.54 bits per heavy atom. The van der Waals surface area contributed by atoms with Crippen LogP contribution in [0.25, 0.3) is 0 Å². The molecule has 1 aromatic carbocycles. The minimum Gasteiger partial charge on any atom is -0.493 e. The summed E-state index contributed by atoms with van der Waals surface area (Å²) in [6.07, 6.45) is -2.60. The van der Waals surface area contributed by atoms with Crippen LogP contribution in [0.5, 0.6) is 11.5 Å². The van der Waals surface area contributed by atoms with E-state index in [9.17, 15) is 18.0 Å². The summed E-state index contributed by atoms with van der Waals surface area (Å²) in [5.74, 6) is 0.624. The van der Waals surface area contributed by atoms with Gasteiger partial charge in [-0.2, -0.15) is 13.2 Å². The van der Waals surface area contributed by atoms with Crippen molar-refractivity contribution in [3.63, 3.8) is 0 Å². The molecule has 0 unspecified atom stereocenters. The number of anilines is 1. The van der Waals surface area contributed by atoms with Gasteiger partial charge in [0, 0.05) is 18.3 Å². The van der Waals surface area contributed by atoms with Crippen molar-refractivity contribution >= 4 is 11.7 Å². The van der Waals surface area contributed by atoms with E-state index in [-0.39, 0.29) is 11.5 Å². The van der Waals surface area contributed by atoms with Gasteiger partial charge in [0.2, 0.25) is 0 Å². The van der Waals surface area contributed by atoms with E-state index in [0.29, 0.717) is 18.2 Å². The number of rotatable bonds is 8. The van der Waals surface area contributed by atoms with E-state index >= 15 is 0 Å². The van der Waals surface area contributed by atoms with Gasteiger partial charge in [0.1, 0.15) is 0 Å². The number of hydrogen-bond acceptors (Lipinski definition) is 3. The molecule has 0 fully saturated rings. The van der Waals surface area contributed by atoms with Crippen LogP contribution in [-0.2, 0) is 0 Å². The SMILES string of the molecule is COc1ccc(NC(=O)NCCCC(C)C)cc1OCC(F)(F)F. The predicted molar refractivity (Wildman–Crippen MR) is 85.6 cm³/mol. The van der Waals surface area contributed by atoms with Crippen molar-refractivity contribution in [2.45, 2.75) is 32.9 Å². The fraction of sp³-hybridized carbons (Fsp3) is 0.562. The van der Waals surface area contributed by atoms with Crippen LogP contribution in [0.2, 0.25) is 0 Å². The molecule has 2 N–H and O–H groups in total. The van der Waals surface area contributed by atoms with Gasteiger partial charge in [-0.25, -0.2) is 4.79 Å². The van der Waals surface area contributed by atoms with Gasteiger partial charge in [-0.05, 0) is 30.9 Å². The van der Waals surface area contributed by atoms with Crippen LogP contribution >= 0.6 is 0 Å². The third-order valence-corrected chi connectivity index (χ3v) is 3.06. The Hall–Kier alpha value is -2.12. The lowest BCUT2D eigenvalue weighted by Gasteiger charge is -2.14. The average Bonchev–Trinajstić information content (AvgIpc) is 2.49. The molecule has 0 atom stereocenters. The van der Waals surface area contributed by atoms with E-state index in [4.69, 9.17) is 9.47 Å². The van der Waals surface area contributed by atoms with Gasteiger partial charge in [0.25, 0.3) is 0 Å². The fourth-order valence-corrected chi connectivity index (χ4v) is 1.91. The number of urea groups is 1. The first-order valence-corrected chi connectivity index (χ1v) is 7.63. The molecule has 0 aliphatic heterocycles. The maximum Gasteiger partial charge on any atom is 0.422 e. The highest BCUT2D eigenvalue weighted by Crippen LogP contribution is 2.31. The second-order valence-electron chi connectivity index (χ2n) is 5.69. The molecule has 2 amide bonds. The van der Waals surface area contributed by atoms with Crippen molar-refractivity contribution in [3.05, 3.63) is 18.2 Å². The number of carbonyl (C=O) groups excluding carboxylic acids is 1. The molecule has 24 heavy (non-hydrogen) atoms. The van der Waals surface area contributed by atoms with Gasteiger partial charge < -0.3 is 20.1 Å². The van der Waals surface area contributed by atoms with Gasteiger partial charge in [-0.15, -0.1) is 0 Å². The van der Waals surface area contributed by atoms with Crippen LogP contribution in [0.3, 0.4) is 0 Å². The van der Waals surface area contributed by atoms with Gasteiger partial charge in [0.15, 0.2) is 18.1 Å². The zero-order valence-electron chi connectivity index (χ0n) is 14.0. The third-order valence-electron chi connectivity index (χ3n) is 3.06. The van der Waals surface area contributed by atoms with Gasteiger partial charge >= 0.3 is 12.2 Å². The molecular weight excluding hydrogens is 325 g/mol. The molecule has 0 aliphatic rings. The van der Waals surface area contributed by atoms with E-state index < -0.39 is 18.8 Å². The lowest BCUT2D eigenvalue weighted by atomic mass is 10.1. The zero-order chi connectivity index (χ0) is 18.2. The second-order valence-corrected chi connectivity index (χ2v) is 5.69. The largest absolute Gasteiger partial charge is 0.493 e. The highest BCUT2D eigenvalue weighted by atomic mass is 19.4. The summed E-state index contributed by atoms with van der Waals surface area (Å²) in [6.45, 7) is 3.28. The number of carbonyl (C=O) groups is 1. The number of ether oxygens (including phenoxy) is 2. The van der Waals surface area contributed by atoms with Crippen LogP contribution in [0, 0.1) is 5.92 Å². The number of amides is 2. The van der Waals surface area contributed by atoms with Crippen molar-refractivity contribution in [3.8, 4) is 11.5 Å². The molecule has 8 heteroatoms. The molecule has 0 radical (unpaired) electrons.